The van der Waals surface area contributed by atoms with E-state index in [9.17, 15) is 0 Å². The van der Waals surface area contributed by atoms with Crippen molar-refractivity contribution >= 4 is 5.84 Å². The summed E-state index contributed by atoms with van der Waals surface area (Å²) in [6, 6.07) is 0. The van der Waals surface area contributed by atoms with E-state index >= 15 is 0 Å². The van der Waals surface area contributed by atoms with Crippen molar-refractivity contribution in [3.05, 3.63) is 12.3 Å². The van der Waals surface area contributed by atoms with Gasteiger partial charge in [0.1, 0.15) is 5.84 Å². The van der Waals surface area contributed by atoms with Crippen molar-refractivity contribution in [2.45, 2.75) is 34.6 Å². The van der Waals surface area contributed by atoms with Crippen LogP contribution in [0, 0.1) is 0 Å². The molecule has 2 nitrogen and oxygen atoms in total. The highest BCUT2D eigenvalue weighted by Gasteiger charge is 1.98. The summed E-state index contributed by atoms with van der Waals surface area (Å²) in [7, 11) is 2.03. The van der Waals surface area contributed by atoms with Gasteiger partial charge in [0.2, 0.25) is 0 Å². The van der Waals surface area contributed by atoms with Crippen LogP contribution in [0.15, 0.2) is 17.3 Å². The lowest BCUT2D eigenvalue weighted by molar-refractivity contribution is 0.553. The molecule has 12 heavy (non-hydrogen) atoms. The Balaban J connectivity index is 0. The molecule has 0 aromatic rings. The van der Waals surface area contributed by atoms with Crippen LogP contribution in [0.1, 0.15) is 34.6 Å². The van der Waals surface area contributed by atoms with Crippen LogP contribution >= 0.6 is 0 Å². The molecule has 2 heteroatoms. The second-order valence-corrected chi connectivity index (χ2v) is 1.94. The monoisotopic (exact) mass is 170 g/mol. The quantitative estimate of drug-likeness (QED) is 0.546. The van der Waals surface area contributed by atoms with E-state index in [0.29, 0.717) is 0 Å². The van der Waals surface area contributed by atoms with Gasteiger partial charge in [0.15, 0.2) is 0 Å². The molecule has 0 saturated carbocycles. The number of likely N-dealkylation sites (N-methyl/N-ethyl adjacent to an activating group) is 1. The van der Waals surface area contributed by atoms with Gasteiger partial charge < -0.3 is 4.90 Å². The SMILES string of the molecule is CC.CC.CC1=NC=CCN1C. The van der Waals surface area contributed by atoms with E-state index in [2.05, 4.69) is 9.89 Å². The standard InChI is InChI=1S/C6H10N2.2C2H6/c1-6-7-4-3-5-8(6)2;2*1-2/h3-4H,5H2,1-2H3;2*1-2H3. The molecule has 0 spiro atoms. The minimum atomic E-state index is 0.995. The highest BCUT2D eigenvalue weighted by molar-refractivity contribution is 5.80. The fourth-order valence-electron chi connectivity index (χ4n) is 0.596. The summed E-state index contributed by atoms with van der Waals surface area (Å²) in [5.41, 5.74) is 0. The van der Waals surface area contributed by atoms with Gasteiger partial charge >= 0.3 is 0 Å². The minimum absolute atomic E-state index is 0.995. The normalized spacial score (nSPS) is 13.5. The molecule has 72 valence electrons. The van der Waals surface area contributed by atoms with Crippen LogP contribution in [0.5, 0.6) is 0 Å². The lowest BCUT2D eigenvalue weighted by Crippen LogP contribution is -2.25. The van der Waals surface area contributed by atoms with Crippen LogP contribution in [0.25, 0.3) is 0 Å². The van der Waals surface area contributed by atoms with Crippen molar-refractivity contribution in [2.24, 2.45) is 4.99 Å². The molecule has 0 atom stereocenters. The third kappa shape index (κ3) is 5.96. The summed E-state index contributed by atoms with van der Waals surface area (Å²) in [4.78, 5) is 6.17. The molecule has 0 N–H and O–H groups in total. The van der Waals surface area contributed by atoms with Crippen molar-refractivity contribution < 1.29 is 0 Å². The molecular weight excluding hydrogens is 148 g/mol. The average Bonchev–Trinajstić information content (AvgIpc) is 2.17. The third-order valence-corrected chi connectivity index (χ3v) is 1.30. The lowest BCUT2D eigenvalue weighted by Gasteiger charge is -2.17. The molecule has 0 aliphatic carbocycles. The lowest BCUT2D eigenvalue weighted by atomic mass is 10.4. The zero-order chi connectivity index (χ0) is 9.98. The maximum absolute atomic E-state index is 4.07. The first-order valence-corrected chi connectivity index (χ1v) is 4.71. The predicted octanol–water partition coefficient (Wildman–Crippen LogP) is 2.92. The van der Waals surface area contributed by atoms with Gasteiger partial charge in [-0.25, -0.2) is 4.99 Å². The fraction of sp³-hybridized carbons (Fsp3) is 0.700. The second-order valence-electron chi connectivity index (χ2n) is 1.94. The number of aliphatic imine (C=N–C) groups is 1. The molecule has 1 heterocycles. The topological polar surface area (TPSA) is 15.6 Å². The first-order valence-electron chi connectivity index (χ1n) is 4.71. The van der Waals surface area contributed by atoms with Gasteiger partial charge in [-0.05, 0) is 13.0 Å². The Morgan fingerprint density at radius 1 is 1.25 bits per heavy atom. The van der Waals surface area contributed by atoms with Crippen molar-refractivity contribution in [1.29, 1.82) is 0 Å². The largest absolute Gasteiger partial charge is 0.360 e. The highest BCUT2D eigenvalue weighted by atomic mass is 15.2. The van der Waals surface area contributed by atoms with E-state index in [-0.39, 0.29) is 0 Å². The molecule has 1 aliphatic rings. The van der Waals surface area contributed by atoms with Crippen LogP contribution < -0.4 is 0 Å². The van der Waals surface area contributed by atoms with Crippen molar-refractivity contribution in [3.8, 4) is 0 Å². The summed E-state index contributed by atoms with van der Waals surface area (Å²) >= 11 is 0. The van der Waals surface area contributed by atoms with Gasteiger partial charge in [-0.15, -0.1) is 0 Å². The molecular formula is C10H22N2. The molecule has 0 unspecified atom stereocenters. The number of rotatable bonds is 0. The Labute approximate surface area is 77.0 Å². The van der Waals surface area contributed by atoms with Crippen LogP contribution in [0.4, 0.5) is 0 Å². The van der Waals surface area contributed by atoms with E-state index in [1.54, 1.807) is 0 Å². The van der Waals surface area contributed by atoms with E-state index in [1.807, 2.05) is 53.9 Å². The molecule has 0 amide bonds. The third-order valence-electron chi connectivity index (χ3n) is 1.30. The zero-order valence-electron chi connectivity index (χ0n) is 9.26. The zero-order valence-corrected chi connectivity index (χ0v) is 9.26. The van der Waals surface area contributed by atoms with Crippen LogP contribution in [-0.2, 0) is 0 Å². The van der Waals surface area contributed by atoms with Gasteiger partial charge in [0, 0.05) is 19.8 Å². The number of nitrogens with zero attached hydrogens (tertiary/aromatic N) is 2. The summed E-state index contributed by atoms with van der Waals surface area (Å²) in [6.45, 7) is 11.0. The van der Waals surface area contributed by atoms with Crippen LogP contribution in [-0.4, -0.2) is 24.3 Å². The molecule has 0 aromatic carbocycles. The maximum atomic E-state index is 4.07. The number of amidine groups is 1. The number of hydrogen-bond donors (Lipinski definition) is 0. The molecule has 0 bridgehead atoms. The van der Waals surface area contributed by atoms with Gasteiger partial charge in [-0.2, -0.15) is 0 Å². The first kappa shape index (κ1) is 13.8. The van der Waals surface area contributed by atoms with E-state index in [4.69, 9.17) is 0 Å². The molecule has 1 aliphatic heterocycles. The number of hydrogen-bond acceptors (Lipinski definition) is 2. The van der Waals surface area contributed by atoms with Gasteiger partial charge in [0.05, 0.1) is 0 Å². The predicted molar refractivity (Wildman–Crippen MR) is 57.6 cm³/mol. The Hall–Kier alpha value is -0.790. The second kappa shape index (κ2) is 10.2. The summed E-state index contributed by atoms with van der Waals surface area (Å²) in [6.07, 6.45) is 3.88. The fourth-order valence-corrected chi connectivity index (χ4v) is 0.596. The van der Waals surface area contributed by atoms with E-state index < -0.39 is 0 Å². The van der Waals surface area contributed by atoms with Crippen LogP contribution in [0.2, 0.25) is 0 Å². The average molecular weight is 170 g/mol. The van der Waals surface area contributed by atoms with Gasteiger partial charge in [0.25, 0.3) is 0 Å². The molecule has 0 radical (unpaired) electrons. The van der Waals surface area contributed by atoms with Gasteiger partial charge in [-0.1, -0.05) is 27.7 Å². The summed E-state index contributed by atoms with van der Waals surface area (Å²) in [5, 5.41) is 0. The Bertz CT molecular complexity index is 137. The van der Waals surface area contributed by atoms with Crippen molar-refractivity contribution in [2.75, 3.05) is 13.6 Å². The maximum Gasteiger partial charge on any atom is 0.101 e. The smallest absolute Gasteiger partial charge is 0.101 e. The first-order chi connectivity index (χ1) is 5.80. The highest BCUT2D eigenvalue weighted by Crippen LogP contribution is 1.94. The molecule has 1 rings (SSSR count). The van der Waals surface area contributed by atoms with E-state index in [1.165, 1.54) is 0 Å². The van der Waals surface area contributed by atoms with Crippen molar-refractivity contribution in [3.63, 3.8) is 0 Å². The Morgan fingerprint density at radius 3 is 2.00 bits per heavy atom. The summed E-state index contributed by atoms with van der Waals surface area (Å²) < 4.78 is 0. The molecule has 0 aromatic heterocycles. The van der Waals surface area contributed by atoms with Crippen LogP contribution in [0.3, 0.4) is 0 Å². The molecule has 0 saturated heterocycles. The summed E-state index contributed by atoms with van der Waals surface area (Å²) in [5.74, 6) is 1.09. The Morgan fingerprint density at radius 2 is 1.75 bits per heavy atom. The van der Waals surface area contributed by atoms with Crippen molar-refractivity contribution in [1.82, 2.24) is 4.90 Å². The van der Waals surface area contributed by atoms with E-state index in [0.717, 1.165) is 12.4 Å². The molecule has 0 fully saturated rings. The van der Waals surface area contributed by atoms with Gasteiger partial charge in [-0.3, -0.25) is 0 Å². The Kier molecular flexibility index (Phi) is 11.7. The minimum Gasteiger partial charge on any atom is -0.360 e.